The lowest BCUT2D eigenvalue weighted by Gasteiger charge is -2.56. The fourth-order valence-corrected chi connectivity index (χ4v) is 7.27. The van der Waals surface area contributed by atoms with Gasteiger partial charge in [0.2, 0.25) is 5.91 Å². The molecular formula is C25H30N2O3S. The standard InChI is InChI=1S/C25H30N2O3S/c1-27(15-20-5-4-8-30-20)24(29)21-6-2-3-7-22(21)31-16-23(28)26-25-12-17-9-18(13-25)11-19(10-17)14-25/h2-8,17-19H,9-16H2,1H3,(H,26,28). The molecule has 6 heteroatoms. The van der Waals surface area contributed by atoms with Gasteiger partial charge in [0.05, 0.1) is 24.1 Å². The molecule has 4 aliphatic carbocycles. The molecule has 1 N–H and O–H groups in total. The number of benzene rings is 1. The zero-order valence-corrected chi connectivity index (χ0v) is 18.8. The number of thioether (sulfide) groups is 1. The smallest absolute Gasteiger partial charge is 0.255 e. The molecule has 2 aromatic rings. The Balaban J connectivity index is 1.21. The average molecular weight is 439 g/mol. The minimum Gasteiger partial charge on any atom is -0.467 e. The highest BCUT2D eigenvalue weighted by atomic mass is 32.2. The second kappa shape index (κ2) is 8.38. The van der Waals surface area contributed by atoms with Crippen LogP contribution in [0.1, 0.15) is 54.6 Å². The molecule has 4 bridgehead atoms. The summed E-state index contributed by atoms with van der Waals surface area (Å²) in [5.74, 6) is 3.54. The van der Waals surface area contributed by atoms with Gasteiger partial charge in [-0.15, -0.1) is 11.8 Å². The number of hydrogen-bond donors (Lipinski definition) is 1. The highest BCUT2D eigenvalue weighted by Crippen LogP contribution is 2.55. The Bertz CT molecular complexity index is 920. The van der Waals surface area contributed by atoms with Crippen LogP contribution in [0.2, 0.25) is 0 Å². The zero-order chi connectivity index (χ0) is 21.4. The maximum absolute atomic E-state index is 13.0. The van der Waals surface area contributed by atoms with Gasteiger partial charge in [0.15, 0.2) is 0 Å². The molecule has 4 fully saturated rings. The van der Waals surface area contributed by atoms with Crippen LogP contribution in [0, 0.1) is 17.8 Å². The molecule has 0 aliphatic heterocycles. The highest BCUT2D eigenvalue weighted by Gasteiger charge is 2.51. The van der Waals surface area contributed by atoms with Crippen LogP contribution in [0.25, 0.3) is 0 Å². The molecule has 1 aromatic heterocycles. The first-order valence-electron chi connectivity index (χ1n) is 11.3. The van der Waals surface area contributed by atoms with Crippen molar-refractivity contribution in [3.8, 4) is 0 Å². The molecule has 0 atom stereocenters. The fraction of sp³-hybridized carbons (Fsp3) is 0.520. The van der Waals surface area contributed by atoms with Gasteiger partial charge in [-0.3, -0.25) is 9.59 Å². The predicted octanol–water partition coefficient (Wildman–Crippen LogP) is 4.73. The van der Waals surface area contributed by atoms with Crippen LogP contribution in [0.4, 0.5) is 0 Å². The van der Waals surface area contributed by atoms with Crippen LogP contribution in [-0.4, -0.2) is 35.1 Å². The summed E-state index contributed by atoms with van der Waals surface area (Å²) in [6.45, 7) is 0.414. The molecule has 2 amide bonds. The van der Waals surface area contributed by atoms with Gasteiger partial charge in [-0.1, -0.05) is 12.1 Å². The molecule has 31 heavy (non-hydrogen) atoms. The molecule has 0 radical (unpaired) electrons. The van der Waals surface area contributed by atoms with E-state index in [1.54, 1.807) is 18.2 Å². The van der Waals surface area contributed by atoms with E-state index in [-0.39, 0.29) is 17.4 Å². The summed E-state index contributed by atoms with van der Waals surface area (Å²) in [5.41, 5.74) is 0.662. The van der Waals surface area contributed by atoms with Gasteiger partial charge in [0, 0.05) is 17.5 Å². The van der Waals surface area contributed by atoms with Crippen molar-refractivity contribution in [2.75, 3.05) is 12.8 Å². The van der Waals surface area contributed by atoms with Crippen LogP contribution in [0.5, 0.6) is 0 Å². The number of amides is 2. The maximum Gasteiger partial charge on any atom is 0.255 e. The number of carbonyl (C=O) groups excluding carboxylic acids is 2. The number of nitrogens with one attached hydrogen (secondary N) is 1. The Morgan fingerprint density at radius 1 is 1.06 bits per heavy atom. The van der Waals surface area contributed by atoms with Gasteiger partial charge >= 0.3 is 0 Å². The van der Waals surface area contributed by atoms with Gasteiger partial charge in [-0.2, -0.15) is 0 Å². The van der Waals surface area contributed by atoms with E-state index in [1.807, 2.05) is 36.4 Å². The van der Waals surface area contributed by atoms with Crippen LogP contribution < -0.4 is 5.32 Å². The SMILES string of the molecule is CN(Cc1ccco1)C(=O)c1ccccc1SCC(=O)NC12CC3CC(CC(C3)C1)C2. The van der Waals surface area contributed by atoms with Crippen LogP contribution >= 0.6 is 11.8 Å². The summed E-state index contributed by atoms with van der Waals surface area (Å²) >= 11 is 1.45. The van der Waals surface area contributed by atoms with Gasteiger partial charge in [0.1, 0.15) is 5.76 Å². The number of carbonyl (C=O) groups is 2. The summed E-state index contributed by atoms with van der Waals surface area (Å²) in [5, 5.41) is 3.43. The topological polar surface area (TPSA) is 62.6 Å². The van der Waals surface area contributed by atoms with E-state index in [2.05, 4.69) is 5.32 Å². The molecule has 0 unspecified atom stereocenters. The van der Waals surface area contributed by atoms with Gasteiger partial charge in [-0.05, 0) is 80.5 Å². The van der Waals surface area contributed by atoms with Crippen molar-refractivity contribution in [3.05, 3.63) is 54.0 Å². The summed E-state index contributed by atoms with van der Waals surface area (Å²) in [6, 6.07) is 11.2. The molecule has 1 heterocycles. The number of rotatable bonds is 7. The lowest BCUT2D eigenvalue weighted by atomic mass is 9.53. The second-order valence-electron chi connectivity index (χ2n) is 9.77. The number of nitrogens with zero attached hydrogens (tertiary/aromatic N) is 1. The minimum absolute atomic E-state index is 0.0327. The van der Waals surface area contributed by atoms with E-state index >= 15 is 0 Å². The summed E-state index contributed by atoms with van der Waals surface area (Å²) in [4.78, 5) is 28.4. The first-order valence-corrected chi connectivity index (χ1v) is 12.3. The molecule has 4 saturated carbocycles. The van der Waals surface area contributed by atoms with Gasteiger partial charge < -0.3 is 14.6 Å². The molecule has 0 saturated heterocycles. The largest absolute Gasteiger partial charge is 0.467 e. The first kappa shape index (κ1) is 20.7. The van der Waals surface area contributed by atoms with Gasteiger partial charge in [-0.25, -0.2) is 0 Å². The monoisotopic (exact) mass is 438 g/mol. The number of hydrogen-bond acceptors (Lipinski definition) is 4. The maximum atomic E-state index is 13.0. The molecule has 1 aromatic carbocycles. The number of furan rings is 1. The average Bonchev–Trinajstić information content (AvgIpc) is 3.23. The molecule has 0 spiro atoms. The Morgan fingerprint density at radius 3 is 2.39 bits per heavy atom. The lowest BCUT2D eigenvalue weighted by molar-refractivity contribution is -0.124. The van der Waals surface area contributed by atoms with E-state index in [9.17, 15) is 9.59 Å². The normalized spacial score (nSPS) is 28.5. The zero-order valence-electron chi connectivity index (χ0n) is 18.0. The third-order valence-electron chi connectivity index (χ3n) is 7.24. The van der Waals surface area contributed by atoms with Crippen molar-refractivity contribution in [1.29, 1.82) is 0 Å². The minimum atomic E-state index is -0.0685. The van der Waals surface area contributed by atoms with E-state index in [4.69, 9.17) is 4.42 Å². The van der Waals surface area contributed by atoms with Crippen LogP contribution in [-0.2, 0) is 11.3 Å². The molecular weight excluding hydrogens is 408 g/mol. The van der Waals surface area contributed by atoms with E-state index in [0.29, 0.717) is 17.9 Å². The molecule has 5 nitrogen and oxygen atoms in total. The van der Waals surface area contributed by atoms with Crippen molar-refractivity contribution >= 4 is 23.6 Å². The highest BCUT2D eigenvalue weighted by molar-refractivity contribution is 8.00. The molecule has 164 valence electrons. The molecule has 6 rings (SSSR count). The van der Waals surface area contributed by atoms with Crippen molar-refractivity contribution in [3.63, 3.8) is 0 Å². The Kier molecular flexibility index (Phi) is 5.59. The van der Waals surface area contributed by atoms with Crippen LogP contribution in [0.15, 0.2) is 52.0 Å². The van der Waals surface area contributed by atoms with Crippen molar-refractivity contribution in [2.24, 2.45) is 17.8 Å². The Morgan fingerprint density at radius 2 is 1.74 bits per heavy atom. The summed E-state index contributed by atoms with van der Waals surface area (Å²) in [7, 11) is 1.77. The van der Waals surface area contributed by atoms with E-state index < -0.39 is 0 Å². The molecule has 4 aliphatic rings. The first-order chi connectivity index (χ1) is 15.0. The second-order valence-corrected chi connectivity index (χ2v) is 10.8. The lowest BCUT2D eigenvalue weighted by Crippen LogP contribution is -2.60. The quantitative estimate of drug-likeness (QED) is 0.635. The third-order valence-corrected chi connectivity index (χ3v) is 8.31. The predicted molar refractivity (Wildman–Crippen MR) is 121 cm³/mol. The summed E-state index contributed by atoms with van der Waals surface area (Å²) < 4.78 is 5.36. The fourth-order valence-electron chi connectivity index (χ4n) is 6.42. The Hall–Kier alpha value is -2.21. The Labute approximate surface area is 187 Å². The summed E-state index contributed by atoms with van der Waals surface area (Å²) in [6.07, 6.45) is 9.17. The van der Waals surface area contributed by atoms with Crippen molar-refractivity contribution in [2.45, 2.75) is 55.5 Å². The van der Waals surface area contributed by atoms with Crippen LogP contribution in [0.3, 0.4) is 0 Å². The van der Waals surface area contributed by atoms with Gasteiger partial charge in [0.25, 0.3) is 5.91 Å². The van der Waals surface area contributed by atoms with E-state index in [0.717, 1.165) is 47.7 Å². The third kappa shape index (κ3) is 4.40. The van der Waals surface area contributed by atoms with Crippen molar-refractivity contribution in [1.82, 2.24) is 10.2 Å². The van der Waals surface area contributed by atoms with Crippen molar-refractivity contribution < 1.29 is 14.0 Å². The van der Waals surface area contributed by atoms with E-state index in [1.165, 1.54) is 31.0 Å².